The van der Waals surface area contributed by atoms with E-state index in [-0.39, 0.29) is 17.9 Å². The molecule has 1 aromatic carbocycles. The van der Waals surface area contributed by atoms with Gasteiger partial charge in [0.2, 0.25) is 0 Å². The minimum absolute atomic E-state index is 0.120. The molecule has 0 unspecified atom stereocenters. The summed E-state index contributed by atoms with van der Waals surface area (Å²) in [6, 6.07) is 6.78. The van der Waals surface area contributed by atoms with Crippen molar-refractivity contribution in [3.05, 3.63) is 35.6 Å². The molecule has 2 aliphatic rings. The van der Waals surface area contributed by atoms with Gasteiger partial charge in [0.15, 0.2) is 0 Å². The highest BCUT2D eigenvalue weighted by Crippen LogP contribution is 2.23. The Morgan fingerprint density at radius 3 is 2.52 bits per heavy atom. The number of hydrogen-bond donors (Lipinski definition) is 1. The molecule has 0 saturated carbocycles. The van der Waals surface area contributed by atoms with Crippen molar-refractivity contribution in [2.24, 2.45) is 0 Å². The summed E-state index contributed by atoms with van der Waals surface area (Å²) in [4.78, 5) is 17.9. The average Bonchev–Trinajstić information content (AvgIpc) is 2.88. The number of likely N-dealkylation sites (N-methyl/N-ethyl adjacent to an activating group) is 1. The first-order chi connectivity index (χ1) is 11.1. The maximum absolute atomic E-state index is 13.7. The maximum Gasteiger partial charge on any atom is 0.320 e. The Bertz CT molecular complexity index is 561. The van der Waals surface area contributed by atoms with Gasteiger partial charge in [-0.25, -0.2) is 9.18 Å². The zero-order valence-corrected chi connectivity index (χ0v) is 13.5. The molecule has 5 nitrogen and oxygen atoms in total. The lowest BCUT2D eigenvalue weighted by Crippen LogP contribution is -2.47. The van der Waals surface area contributed by atoms with Crippen LogP contribution >= 0.6 is 0 Å². The van der Waals surface area contributed by atoms with Crippen LogP contribution in [0.25, 0.3) is 0 Å². The molecule has 2 amide bonds. The monoisotopic (exact) mass is 321 g/mol. The number of rotatable bonds is 4. The van der Waals surface area contributed by atoms with Crippen LogP contribution in [-0.2, 0) is 0 Å². The van der Waals surface area contributed by atoms with Gasteiger partial charge in [0.25, 0.3) is 0 Å². The summed E-state index contributed by atoms with van der Waals surface area (Å²) < 4.78 is 13.7. The number of piperidine rings is 1. The number of carbonyl (C=O) groups excluding carboxylic acids is 1. The van der Waals surface area contributed by atoms with E-state index in [4.69, 9.17) is 0 Å². The summed E-state index contributed by atoms with van der Waals surface area (Å²) in [6.45, 7) is 3.68. The number of aliphatic hydroxyl groups is 1. The fourth-order valence-electron chi connectivity index (χ4n) is 3.51. The highest BCUT2D eigenvalue weighted by atomic mass is 19.1. The fraction of sp³-hybridized carbons (Fsp3) is 0.588. The molecule has 1 N–H and O–H groups in total. The summed E-state index contributed by atoms with van der Waals surface area (Å²) in [7, 11) is 1.84. The first kappa shape index (κ1) is 16.2. The summed E-state index contributed by atoms with van der Waals surface area (Å²) in [5.41, 5.74) is 0.353. The van der Waals surface area contributed by atoms with Crippen LogP contribution < -0.4 is 0 Å². The van der Waals surface area contributed by atoms with E-state index in [2.05, 4.69) is 4.90 Å². The predicted octanol–water partition coefficient (Wildman–Crippen LogP) is 1.69. The van der Waals surface area contributed by atoms with Crippen molar-refractivity contribution in [1.82, 2.24) is 14.7 Å². The maximum atomic E-state index is 13.7. The van der Waals surface area contributed by atoms with Crippen molar-refractivity contribution in [2.75, 3.05) is 39.8 Å². The molecule has 6 heteroatoms. The number of carbonyl (C=O) groups is 1. The number of urea groups is 1. The minimum atomic E-state index is -0.813. The summed E-state index contributed by atoms with van der Waals surface area (Å²) >= 11 is 0. The quantitative estimate of drug-likeness (QED) is 0.918. The Morgan fingerprint density at radius 1 is 1.22 bits per heavy atom. The molecule has 2 fully saturated rings. The van der Waals surface area contributed by atoms with Gasteiger partial charge in [0, 0.05) is 51.4 Å². The summed E-state index contributed by atoms with van der Waals surface area (Å²) in [6.07, 6.45) is 1.000. The van der Waals surface area contributed by atoms with Gasteiger partial charge in [0.1, 0.15) is 5.82 Å². The van der Waals surface area contributed by atoms with Gasteiger partial charge in [-0.1, -0.05) is 18.2 Å². The van der Waals surface area contributed by atoms with E-state index >= 15 is 0 Å². The first-order valence-electron chi connectivity index (χ1n) is 8.23. The second kappa shape index (κ2) is 6.84. The number of benzene rings is 1. The lowest BCUT2D eigenvalue weighted by Gasteiger charge is -2.37. The lowest BCUT2D eigenvalue weighted by molar-refractivity contribution is 0.0770. The van der Waals surface area contributed by atoms with E-state index in [0.717, 1.165) is 39.0 Å². The minimum Gasteiger partial charge on any atom is -0.387 e. The van der Waals surface area contributed by atoms with Crippen LogP contribution in [0.5, 0.6) is 0 Å². The molecule has 23 heavy (non-hydrogen) atoms. The number of β-amino-alcohol motifs (C(OH)–C–C–N with tert-alkyl or cyclic N) is 1. The van der Waals surface area contributed by atoms with Gasteiger partial charge in [-0.05, 0) is 18.9 Å². The van der Waals surface area contributed by atoms with Crippen molar-refractivity contribution >= 4 is 6.03 Å². The Hall–Kier alpha value is -1.66. The zero-order chi connectivity index (χ0) is 16.4. The molecule has 0 aromatic heterocycles. The van der Waals surface area contributed by atoms with Gasteiger partial charge < -0.3 is 19.8 Å². The highest BCUT2D eigenvalue weighted by Gasteiger charge is 2.33. The van der Waals surface area contributed by atoms with Crippen molar-refractivity contribution in [2.45, 2.75) is 25.0 Å². The standard InChI is InChI=1S/C17H24FN3O2/c1-19-10-11-21(17(19)23)13-6-8-20(9-7-13)12-16(22)14-4-2-3-5-15(14)18/h2-5,13,16,22H,6-12H2,1H3/t16-/m0/s1. The van der Waals surface area contributed by atoms with Gasteiger partial charge in [-0.3, -0.25) is 0 Å². The summed E-state index contributed by atoms with van der Waals surface area (Å²) in [5, 5.41) is 10.3. The second-order valence-corrected chi connectivity index (χ2v) is 6.47. The van der Waals surface area contributed by atoms with Crippen LogP contribution in [0.1, 0.15) is 24.5 Å². The Labute approximate surface area is 136 Å². The van der Waals surface area contributed by atoms with Gasteiger partial charge in [-0.15, -0.1) is 0 Å². The first-order valence-corrected chi connectivity index (χ1v) is 8.23. The Kier molecular flexibility index (Phi) is 4.82. The molecule has 3 rings (SSSR count). The van der Waals surface area contributed by atoms with Crippen molar-refractivity contribution in [3.63, 3.8) is 0 Å². The Morgan fingerprint density at radius 2 is 1.91 bits per heavy atom. The number of halogens is 1. The van der Waals surface area contributed by atoms with E-state index in [9.17, 15) is 14.3 Å². The predicted molar refractivity (Wildman–Crippen MR) is 85.6 cm³/mol. The number of nitrogens with zero attached hydrogens (tertiary/aromatic N) is 3. The summed E-state index contributed by atoms with van der Waals surface area (Å²) in [5.74, 6) is -0.361. The number of likely N-dealkylation sites (tertiary alicyclic amines) is 1. The molecule has 1 aromatic rings. The van der Waals surface area contributed by atoms with Gasteiger partial charge >= 0.3 is 6.03 Å². The zero-order valence-electron chi connectivity index (χ0n) is 13.5. The topological polar surface area (TPSA) is 47.0 Å². The molecule has 0 aliphatic carbocycles. The molecule has 2 saturated heterocycles. The third-order valence-electron chi connectivity index (χ3n) is 4.94. The number of amides is 2. The third kappa shape index (κ3) is 3.48. The van der Waals surface area contributed by atoms with Crippen molar-refractivity contribution in [3.8, 4) is 0 Å². The molecule has 126 valence electrons. The van der Waals surface area contributed by atoms with Gasteiger partial charge in [0.05, 0.1) is 6.10 Å². The molecule has 1 atom stereocenters. The fourth-order valence-corrected chi connectivity index (χ4v) is 3.51. The molecule has 2 heterocycles. The molecule has 0 bridgehead atoms. The van der Waals surface area contributed by atoms with Crippen LogP contribution in [0.4, 0.5) is 9.18 Å². The number of aliphatic hydroxyl groups excluding tert-OH is 1. The normalized spacial score (nSPS) is 22.0. The van der Waals surface area contributed by atoms with E-state index in [0.29, 0.717) is 12.1 Å². The average molecular weight is 321 g/mol. The second-order valence-electron chi connectivity index (χ2n) is 6.47. The van der Waals surface area contributed by atoms with Crippen LogP contribution in [0.3, 0.4) is 0 Å². The highest BCUT2D eigenvalue weighted by molar-refractivity contribution is 5.76. The lowest BCUT2D eigenvalue weighted by atomic mass is 10.0. The molecule has 2 aliphatic heterocycles. The third-order valence-corrected chi connectivity index (χ3v) is 4.94. The van der Waals surface area contributed by atoms with Gasteiger partial charge in [-0.2, -0.15) is 0 Å². The van der Waals surface area contributed by atoms with Crippen LogP contribution in [0, 0.1) is 5.82 Å². The van der Waals surface area contributed by atoms with E-state index in [1.54, 1.807) is 23.1 Å². The molecular weight excluding hydrogens is 297 g/mol. The number of hydrogen-bond acceptors (Lipinski definition) is 3. The van der Waals surface area contributed by atoms with Crippen LogP contribution in [0.15, 0.2) is 24.3 Å². The largest absolute Gasteiger partial charge is 0.387 e. The Balaban J connectivity index is 1.51. The van der Waals surface area contributed by atoms with Crippen molar-refractivity contribution in [1.29, 1.82) is 0 Å². The molecule has 0 radical (unpaired) electrons. The smallest absolute Gasteiger partial charge is 0.320 e. The molecule has 0 spiro atoms. The SMILES string of the molecule is CN1CCN(C2CCN(C[C@H](O)c3ccccc3F)CC2)C1=O. The van der Waals surface area contributed by atoms with E-state index < -0.39 is 6.10 Å². The van der Waals surface area contributed by atoms with E-state index in [1.165, 1.54) is 6.07 Å². The molecular formula is C17H24FN3O2. The van der Waals surface area contributed by atoms with Crippen molar-refractivity contribution < 1.29 is 14.3 Å². The van der Waals surface area contributed by atoms with Crippen LogP contribution in [-0.4, -0.2) is 71.7 Å². The van der Waals surface area contributed by atoms with Crippen LogP contribution in [0.2, 0.25) is 0 Å². The van der Waals surface area contributed by atoms with E-state index in [1.807, 2.05) is 11.9 Å².